The first kappa shape index (κ1) is 18.4. The Kier molecular flexibility index (Phi) is 6.34. The van der Waals surface area contributed by atoms with E-state index in [1.807, 2.05) is 41.5 Å². The van der Waals surface area contributed by atoms with Gasteiger partial charge in [-0.1, -0.05) is 13.8 Å². The van der Waals surface area contributed by atoms with Crippen molar-refractivity contribution in [3.63, 3.8) is 0 Å². The minimum atomic E-state index is -0.338. The number of carbonyl (C=O) groups excluding carboxylic acids is 2. The van der Waals surface area contributed by atoms with Crippen molar-refractivity contribution in [2.75, 3.05) is 18.4 Å². The van der Waals surface area contributed by atoms with Crippen LogP contribution >= 0.6 is 11.3 Å². The number of rotatable bonds is 5. The highest BCUT2D eigenvalue weighted by atomic mass is 32.1. The molecular formula is C15H26N4O2S. The van der Waals surface area contributed by atoms with Crippen LogP contribution in [0, 0.1) is 12.8 Å². The molecule has 1 rings (SSSR count). The number of carbonyl (C=O) groups is 2. The second-order valence-corrected chi connectivity index (χ2v) is 8.01. The Morgan fingerprint density at radius 2 is 2.00 bits per heavy atom. The average Bonchev–Trinajstić information content (AvgIpc) is 2.70. The Bertz CT molecular complexity index is 520. The van der Waals surface area contributed by atoms with Crippen LogP contribution in [0.15, 0.2) is 6.20 Å². The molecule has 0 bridgehead atoms. The first-order valence-corrected chi connectivity index (χ1v) is 8.18. The maximum Gasteiger partial charge on any atom is 0.318 e. The lowest BCUT2D eigenvalue weighted by Gasteiger charge is -2.29. The molecule has 2 N–H and O–H groups in total. The second kappa shape index (κ2) is 7.58. The minimum Gasteiger partial charge on any atom is -0.333 e. The van der Waals surface area contributed by atoms with Crippen LogP contribution in [0.4, 0.5) is 9.93 Å². The number of amides is 3. The Morgan fingerprint density at radius 3 is 2.45 bits per heavy atom. The molecule has 0 saturated carbocycles. The smallest absolute Gasteiger partial charge is 0.318 e. The summed E-state index contributed by atoms with van der Waals surface area (Å²) >= 11 is 1.41. The molecule has 0 unspecified atom stereocenters. The van der Waals surface area contributed by atoms with E-state index in [0.29, 0.717) is 11.7 Å². The molecule has 1 heterocycles. The van der Waals surface area contributed by atoms with Crippen LogP contribution < -0.4 is 10.6 Å². The highest BCUT2D eigenvalue weighted by Gasteiger charge is 2.22. The number of hydrogen-bond acceptors (Lipinski definition) is 4. The molecule has 0 aliphatic heterocycles. The number of anilines is 1. The maximum atomic E-state index is 12.3. The topological polar surface area (TPSA) is 74.3 Å². The summed E-state index contributed by atoms with van der Waals surface area (Å²) in [5.41, 5.74) is -0.338. The van der Waals surface area contributed by atoms with E-state index in [1.165, 1.54) is 16.2 Å². The summed E-state index contributed by atoms with van der Waals surface area (Å²) in [6, 6.07) is -0.230. The summed E-state index contributed by atoms with van der Waals surface area (Å²) in [5.74, 6) is 0.0414. The first-order chi connectivity index (χ1) is 10.1. The van der Waals surface area contributed by atoms with Crippen molar-refractivity contribution in [3.05, 3.63) is 11.1 Å². The molecule has 0 saturated heterocycles. The number of thiazole rings is 1. The highest BCUT2D eigenvalue weighted by molar-refractivity contribution is 7.15. The van der Waals surface area contributed by atoms with Crippen molar-refractivity contribution in [2.45, 2.75) is 47.1 Å². The Hall–Kier alpha value is -1.63. The van der Waals surface area contributed by atoms with Crippen LogP contribution in [0.1, 0.15) is 39.5 Å². The molecule has 0 atom stereocenters. The molecule has 0 fully saturated rings. The van der Waals surface area contributed by atoms with Gasteiger partial charge in [-0.3, -0.25) is 4.79 Å². The van der Waals surface area contributed by atoms with Gasteiger partial charge >= 0.3 is 6.03 Å². The molecule has 0 aliphatic carbocycles. The fourth-order valence-electron chi connectivity index (χ4n) is 1.80. The van der Waals surface area contributed by atoms with Gasteiger partial charge in [0.1, 0.15) is 6.54 Å². The summed E-state index contributed by atoms with van der Waals surface area (Å²) in [6.07, 6.45) is 1.71. The van der Waals surface area contributed by atoms with Gasteiger partial charge in [0.25, 0.3) is 0 Å². The zero-order valence-electron chi connectivity index (χ0n) is 14.2. The molecule has 6 nitrogen and oxygen atoms in total. The fraction of sp³-hybridized carbons (Fsp3) is 0.667. The largest absolute Gasteiger partial charge is 0.333 e. The zero-order valence-corrected chi connectivity index (χ0v) is 15.0. The molecule has 1 aromatic rings. The van der Waals surface area contributed by atoms with Crippen LogP contribution in [-0.2, 0) is 4.79 Å². The highest BCUT2D eigenvalue weighted by Crippen LogP contribution is 2.16. The lowest BCUT2D eigenvalue weighted by Crippen LogP contribution is -2.51. The second-order valence-electron chi connectivity index (χ2n) is 6.78. The van der Waals surface area contributed by atoms with Gasteiger partial charge in [0.05, 0.1) is 0 Å². The van der Waals surface area contributed by atoms with E-state index in [0.717, 1.165) is 4.88 Å². The van der Waals surface area contributed by atoms with Crippen LogP contribution in [0.25, 0.3) is 0 Å². The summed E-state index contributed by atoms with van der Waals surface area (Å²) < 4.78 is 0. The number of aromatic nitrogens is 1. The van der Waals surface area contributed by atoms with Gasteiger partial charge in [-0.25, -0.2) is 9.78 Å². The van der Waals surface area contributed by atoms with Gasteiger partial charge in [0, 0.05) is 23.2 Å². The van der Waals surface area contributed by atoms with Crippen LogP contribution in [0.3, 0.4) is 0 Å². The lowest BCUT2D eigenvalue weighted by molar-refractivity contribution is -0.116. The van der Waals surface area contributed by atoms with Gasteiger partial charge in [-0.05, 0) is 33.6 Å². The predicted octanol–water partition coefficient (Wildman–Crippen LogP) is 2.86. The standard InChI is InChI=1S/C15H26N4O2S/c1-10(2)8-19(14(21)18-15(4,5)6)9-12(20)17-13-16-7-11(3)22-13/h7,10H,8-9H2,1-6H3,(H,18,21)(H,16,17,20). The predicted molar refractivity (Wildman–Crippen MR) is 90.2 cm³/mol. The van der Waals surface area contributed by atoms with E-state index in [9.17, 15) is 9.59 Å². The third-order valence-electron chi connectivity index (χ3n) is 2.56. The normalized spacial score (nSPS) is 11.4. The van der Waals surface area contributed by atoms with E-state index in [1.54, 1.807) is 6.20 Å². The van der Waals surface area contributed by atoms with E-state index < -0.39 is 0 Å². The number of nitrogens with zero attached hydrogens (tertiary/aromatic N) is 2. The Labute approximate surface area is 136 Å². The third-order valence-corrected chi connectivity index (χ3v) is 3.38. The molecule has 0 radical (unpaired) electrons. The molecular weight excluding hydrogens is 300 g/mol. The molecule has 7 heteroatoms. The van der Waals surface area contributed by atoms with Crippen molar-refractivity contribution in [1.82, 2.24) is 15.2 Å². The van der Waals surface area contributed by atoms with Crippen molar-refractivity contribution >= 4 is 28.4 Å². The number of aryl methyl sites for hydroxylation is 1. The van der Waals surface area contributed by atoms with Crippen LogP contribution in [0.5, 0.6) is 0 Å². The van der Waals surface area contributed by atoms with Gasteiger partial charge in [-0.15, -0.1) is 11.3 Å². The van der Waals surface area contributed by atoms with Crippen LogP contribution in [-0.4, -0.2) is 40.5 Å². The maximum absolute atomic E-state index is 12.3. The molecule has 0 spiro atoms. The molecule has 0 aliphatic rings. The van der Waals surface area contributed by atoms with Crippen LogP contribution in [0.2, 0.25) is 0 Å². The van der Waals surface area contributed by atoms with Gasteiger partial charge < -0.3 is 15.5 Å². The molecule has 3 amide bonds. The van der Waals surface area contributed by atoms with E-state index in [-0.39, 0.29) is 29.9 Å². The molecule has 22 heavy (non-hydrogen) atoms. The quantitative estimate of drug-likeness (QED) is 0.874. The van der Waals surface area contributed by atoms with Gasteiger partial charge in [0.15, 0.2) is 5.13 Å². The molecule has 0 aromatic carbocycles. The van der Waals surface area contributed by atoms with E-state index >= 15 is 0 Å². The third kappa shape index (κ3) is 6.89. The molecule has 1 aromatic heterocycles. The number of nitrogens with one attached hydrogen (secondary N) is 2. The average molecular weight is 326 g/mol. The molecule has 124 valence electrons. The number of urea groups is 1. The fourth-order valence-corrected chi connectivity index (χ4v) is 2.49. The van der Waals surface area contributed by atoms with Gasteiger partial charge in [0.2, 0.25) is 5.91 Å². The van der Waals surface area contributed by atoms with Crippen molar-refractivity contribution < 1.29 is 9.59 Å². The number of hydrogen-bond donors (Lipinski definition) is 2. The van der Waals surface area contributed by atoms with Crippen molar-refractivity contribution in [2.24, 2.45) is 5.92 Å². The summed E-state index contributed by atoms with van der Waals surface area (Å²) in [7, 11) is 0. The summed E-state index contributed by atoms with van der Waals surface area (Å²) in [4.78, 5) is 31.1. The lowest BCUT2D eigenvalue weighted by atomic mass is 10.1. The SMILES string of the molecule is Cc1cnc(NC(=O)CN(CC(C)C)C(=O)NC(C)(C)C)s1. The Balaban J connectivity index is 2.67. The first-order valence-electron chi connectivity index (χ1n) is 7.36. The van der Waals surface area contributed by atoms with Gasteiger partial charge in [-0.2, -0.15) is 0 Å². The van der Waals surface area contributed by atoms with Crippen molar-refractivity contribution in [1.29, 1.82) is 0 Å². The van der Waals surface area contributed by atoms with Crippen molar-refractivity contribution in [3.8, 4) is 0 Å². The zero-order chi connectivity index (χ0) is 16.9. The Morgan fingerprint density at radius 1 is 1.36 bits per heavy atom. The summed E-state index contributed by atoms with van der Waals surface area (Å²) in [6.45, 7) is 12.2. The van der Waals surface area contributed by atoms with E-state index in [4.69, 9.17) is 0 Å². The van der Waals surface area contributed by atoms with E-state index in [2.05, 4.69) is 15.6 Å². The monoisotopic (exact) mass is 326 g/mol. The minimum absolute atomic E-state index is 0.0126. The summed E-state index contributed by atoms with van der Waals surface area (Å²) in [5, 5.41) is 6.18.